The summed E-state index contributed by atoms with van der Waals surface area (Å²) < 4.78 is 6.41. The van der Waals surface area contributed by atoms with Crippen molar-refractivity contribution in [3.63, 3.8) is 0 Å². The van der Waals surface area contributed by atoms with Gasteiger partial charge in [0.25, 0.3) is 5.91 Å². The van der Waals surface area contributed by atoms with Crippen LogP contribution in [-0.2, 0) is 22.7 Å². The van der Waals surface area contributed by atoms with Gasteiger partial charge in [0.2, 0.25) is 11.8 Å². The van der Waals surface area contributed by atoms with Gasteiger partial charge in [0.05, 0.1) is 11.6 Å². The van der Waals surface area contributed by atoms with E-state index in [1.807, 2.05) is 36.4 Å². The van der Waals surface area contributed by atoms with Crippen LogP contribution in [0.2, 0.25) is 0 Å². The Bertz CT molecular complexity index is 1190. The lowest BCUT2D eigenvalue weighted by Gasteiger charge is -2.33. The monoisotopic (exact) mass is 472 g/mol. The van der Waals surface area contributed by atoms with Crippen molar-refractivity contribution < 1.29 is 19.1 Å². The quantitative estimate of drug-likeness (QED) is 0.626. The second-order valence-corrected chi connectivity index (χ2v) is 9.46. The molecular weight excluding hydrogens is 444 g/mol. The Kier molecular flexibility index (Phi) is 6.51. The fourth-order valence-electron chi connectivity index (χ4n) is 5.22. The molecule has 2 aromatic rings. The zero-order valence-corrected chi connectivity index (χ0v) is 19.5. The fourth-order valence-corrected chi connectivity index (χ4v) is 5.22. The van der Waals surface area contributed by atoms with Gasteiger partial charge in [0, 0.05) is 31.1 Å². The second-order valence-electron chi connectivity index (χ2n) is 9.46. The van der Waals surface area contributed by atoms with Crippen molar-refractivity contribution >= 4 is 17.7 Å². The Labute approximate surface area is 204 Å². The highest BCUT2D eigenvalue weighted by atomic mass is 16.5. The molecule has 1 saturated carbocycles. The number of amides is 3. The lowest BCUT2D eigenvalue weighted by Crippen LogP contribution is -2.52. The normalized spacial score (nSPS) is 24.0. The number of hydrogen-bond acceptors (Lipinski definition) is 6. The standard InChI is InChI=1S/C27H28N4O4/c28-14-17-5-7-18(8-6-17)15-29-22-3-1-2-4-24(22)35-20-9-10-21-19(13-20)16-31(27(21)34)23-11-12-25(32)30-26(23)33/h5-10,13,22-24,29H,1-4,11-12,15-16H2,(H,30,32,33). The molecule has 8 heteroatoms. The van der Waals surface area contributed by atoms with Crippen molar-refractivity contribution in [3.8, 4) is 11.8 Å². The van der Waals surface area contributed by atoms with Gasteiger partial charge in [-0.25, -0.2) is 0 Å². The first-order valence-corrected chi connectivity index (χ1v) is 12.2. The maximum Gasteiger partial charge on any atom is 0.255 e. The number of nitrogens with one attached hydrogen (secondary N) is 2. The molecule has 3 aliphatic rings. The topological polar surface area (TPSA) is 112 Å². The highest BCUT2D eigenvalue weighted by Gasteiger charge is 2.39. The van der Waals surface area contributed by atoms with Crippen molar-refractivity contribution in [2.45, 2.75) is 69.8 Å². The van der Waals surface area contributed by atoms with E-state index in [2.05, 4.69) is 16.7 Å². The third-order valence-electron chi connectivity index (χ3n) is 7.14. The van der Waals surface area contributed by atoms with Crippen LogP contribution >= 0.6 is 0 Å². The van der Waals surface area contributed by atoms with E-state index in [0.717, 1.165) is 42.6 Å². The summed E-state index contributed by atoms with van der Waals surface area (Å²) in [6, 6.07) is 14.8. The van der Waals surface area contributed by atoms with Gasteiger partial charge in [0.15, 0.2) is 0 Å². The molecule has 0 radical (unpaired) electrons. The molecule has 3 unspecified atom stereocenters. The molecule has 1 saturated heterocycles. The second kappa shape index (κ2) is 9.88. The first-order chi connectivity index (χ1) is 17.0. The third-order valence-corrected chi connectivity index (χ3v) is 7.14. The van der Waals surface area contributed by atoms with Gasteiger partial charge in [0.1, 0.15) is 17.9 Å². The molecule has 180 valence electrons. The van der Waals surface area contributed by atoms with E-state index < -0.39 is 11.9 Å². The van der Waals surface area contributed by atoms with Crippen molar-refractivity contribution in [1.82, 2.24) is 15.5 Å². The molecule has 0 bridgehead atoms. The molecule has 5 rings (SSSR count). The fraction of sp³-hybridized carbons (Fsp3) is 0.407. The van der Waals surface area contributed by atoms with Crippen LogP contribution in [0.4, 0.5) is 0 Å². The van der Waals surface area contributed by atoms with E-state index in [9.17, 15) is 14.4 Å². The number of piperidine rings is 1. The van der Waals surface area contributed by atoms with Crippen LogP contribution in [0.5, 0.6) is 5.75 Å². The van der Waals surface area contributed by atoms with Crippen LogP contribution in [-0.4, -0.2) is 40.8 Å². The number of ether oxygens (including phenoxy) is 1. The molecule has 35 heavy (non-hydrogen) atoms. The number of rotatable bonds is 6. The highest BCUT2D eigenvalue weighted by molar-refractivity contribution is 6.05. The van der Waals surface area contributed by atoms with Gasteiger partial charge in [-0.1, -0.05) is 18.6 Å². The van der Waals surface area contributed by atoms with E-state index in [1.165, 1.54) is 0 Å². The highest BCUT2D eigenvalue weighted by Crippen LogP contribution is 2.32. The van der Waals surface area contributed by atoms with E-state index in [1.54, 1.807) is 11.0 Å². The van der Waals surface area contributed by atoms with E-state index in [4.69, 9.17) is 10.00 Å². The smallest absolute Gasteiger partial charge is 0.255 e. The average Bonchev–Trinajstić information content (AvgIpc) is 3.19. The van der Waals surface area contributed by atoms with Crippen LogP contribution in [0.15, 0.2) is 42.5 Å². The zero-order chi connectivity index (χ0) is 24.4. The van der Waals surface area contributed by atoms with Crippen LogP contribution < -0.4 is 15.4 Å². The number of carbonyl (C=O) groups excluding carboxylic acids is 3. The van der Waals surface area contributed by atoms with Crippen LogP contribution in [0.25, 0.3) is 0 Å². The largest absolute Gasteiger partial charge is 0.489 e. The summed E-state index contributed by atoms with van der Waals surface area (Å²) in [6.07, 6.45) is 4.82. The predicted octanol–water partition coefficient (Wildman–Crippen LogP) is 2.80. The van der Waals surface area contributed by atoms with Gasteiger partial charge in [-0.2, -0.15) is 5.26 Å². The summed E-state index contributed by atoms with van der Waals surface area (Å²) in [4.78, 5) is 38.2. The van der Waals surface area contributed by atoms with E-state index >= 15 is 0 Å². The van der Waals surface area contributed by atoms with Crippen molar-refractivity contribution in [2.24, 2.45) is 0 Å². The predicted molar refractivity (Wildman–Crippen MR) is 127 cm³/mol. The number of fused-ring (bicyclic) bond motifs is 1. The Balaban J connectivity index is 1.24. The minimum atomic E-state index is -0.619. The Morgan fingerprint density at radius 1 is 1.06 bits per heavy atom. The Hall–Kier alpha value is -3.70. The summed E-state index contributed by atoms with van der Waals surface area (Å²) >= 11 is 0. The summed E-state index contributed by atoms with van der Waals surface area (Å²) in [5, 5.41) is 14.9. The SMILES string of the molecule is N#Cc1ccc(CNC2CCCCC2Oc2ccc3c(c2)CN(C2CCC(=O)NC2=O)C3=O)cc1. The average molecular weight is 473 g/mol. The summed E-state index contributed by atoms with van der Waals surface area (Å²) in [6.45, 7) is 1.04. The lowest BCUT2D eigenvalue weighted by atomic mass is 9.92. The first-order valence-electron chi connectivity index (χ1n) is 12.2. The summed E-state index contributed by atoms with van der Waals surface area (Å²) in [7, 11) is 0. The number of hydrogen-bond donors (Lipinski definition) is 2. The van der Waals surface area contributed by atoms with Crippen LogP contribution in [0.1, 0.15) is 65.6 Å². The maximum atomic E-state index is 12.9. The molecule has 8 nitrogen and oxygen atoms in total. The summed E-state index contributed by atoms with van der Waals surface area (Å²) in [5.41, 5.74) is 3.20. The number of nitriles is 1. The number of imide groups is 1. The summed E-state index contributed by atoms with van der Waals surface area (Å²) in [5.74, 6) is -0.155. The number of benzene rings is 2. The van der Waals surface area contributed by atoms with Crippen molar-refractivity contribution in [2.75, 3.05) is 0 Å². The van der Waals surface area contributed by atoms with Crippen molar-refractivity contribution in [1.29, 1.82) is 5.26 Å². The molecule has 2 N–H and O–H groups in total. The maximum absolute atomic E-state index is 12.9. The molecule has 3 atom stereocenters. The molecule has 0 spiro atoms. The Morgan fingerprint density at radius 2 is 1.86 bits per heavy atom. The minimum Gasteiger partial charge on any atom is -0.489 e. The zero-order valence-electron chi connectivity index (χ0n) is 19.5. The first kappa shape index (κ1) is 23.1. The minimum absolute atomic E-state index is 0.0172. The van der Waals surface area contributed by atoms with E-state index in [-0.39, 0.29) is 30.4 Å². The molecule has 2 aromatic carbocycles. The van der Waals surface area contributed by atoms with Crippen LogP contribution in [0, 0.1) is 11.3 Å². The molecular formula is C27H28N4O4. The molecule has 2 fully saturated rings. The van der Waals surface area contributed by atoms with Gasteiger partial charge >= 0.3 is 0 Å². The van der Waals surface area contributed by atoms with Gasteiger partial charge in [-0.15, -0.1) is 0 Å². The van der Waals surface area contributed by atoms with E-state index in [0.29, 0.717) is 30.6 Å². The van der Waals surface area contributed by atoms with Crippen LogP contribution in [0.3, 0.4) is 0 Å². The molecule has 2 heterocycles. The number of nitrogens with zero attached hydrogens (tertiary/aromatic N) is 2. The van der Waals surface area contributed by atoms with Gasteiger partial charge in [-0.3, -0.25) is 19.7 Å². The molecule has 2 aliphatic heterocycles. The third kappa shape index (κ3) is 4.91. The lowest BCUT2D eigenvalue weighted by molar-refractivity contribution is -0.136. The van der Waals surface area contributed by atoms with Crippen molar-refractivity contribution in [3.05, 3.63) is 64.7 Å². The molecule has 0 aromatic heterocycles. The number of carbonyl (C=O) groups is 3. The molecule has 3 amide bonds. The van der Waals surface area contributed by atoms with Gasteiger partial charge < -0.3 is 15.0 Å². The molecule has 1 aliphatic carbocycles. The van der Waals surface area contributed by atoms with Gasteiger partial charge in [-0.05, 0) is 67.1 Å². The Morgan fingerprint density at radius 3 is 2.63 bits per heavy atom.